The lowest BCUT2D eigenvalue weighted by Gasteiger charge is -2.06. The molecule has 0 saturated heterocycles. The average molecular weight is 354 g/mol. The first-order valence-electron chi connectivity index (χ1n) is 8.53. The summed E-state index contributed by atoms with van der Waals surface area (Å²) < 4.78 is 10.7. The highest BCUT2D eigenvalue weighted by molar-refractivity contribution is 5.97. The first kappa shape index (κ1) is 18.0. The van der Waals surface area contributed by atoms with E-state index in [0.29, 0.717) is 43.0 Å². The van der Waals surface area contributed by atoms with Gasteiger partial charge in [0.25, 0.3) is 5.91 Å². The summed E-state index contributed by atoms with van der Waals surface area (Å²) in [6, 6.07) is 7.17. The summed E-state index contributed by atoms with van der Waals surface area (Å²) in [6.45, 7) is 4.88. The second-order valence-electron chi connectivity index (χ2n) is 6.11. The Kier molecular flexibility index (Phi) is 5.58. The molecule has 7 nitrogen and oxygen atoms in total. The Morgan fingerprint density at radius 3 is 2.62 bits per heavy atom. The molecule has 0 radical (unpaired) electrons. The van der Waals surface area contributed by atoms with Crippen molar-refractivity contribution >= 4 is 17.0 Å². The van der Waals surface area contributed by atoms with Crippen LogP contribution in [0.2, 0.25) is 0 Å². The summed E-state index contributed by atoms with van der Waals surface area (Å²) in [5, 5.41) is 2.89. The van der Waals surface area contributed by atoms with Crippen LogP contribution in [0.15, 0.2) is 28.7 Å². The second kappa shape index (κ2) is 8.05. The zero-order chi connectivity index (χ0) is 18.5. The van der Waals surface area contributed by atoms with Crippen LogP contribution in [-0.2, 0) is 17.6 Å². The molecule has 0 aliphatic heterocycles. The van der Waals surface area contributed by atoms with E-state index >= 15 is 0 Å². The van der Waals surface area contributed by atoms with Gasteiger partial charge in [0.15, 0.2) is 11.5 Å². The predicted molar refractivity (Wildman–Crippen MR) is 97.1 cm³/mol. The van der Waals surface area contributed by atoms with Crippen LogP contribution in [0, 0.1) is 13.8 Å². The van der Waals surface area contributed by atoms with Gasteiger partial charge in [-0.25, -0.2) is 15.0 Å². The van der Waals surface area contributed by atoms with Crippen molar-refractivity contribution in [2.75, 3.05) is 20.3 Å². The van der Waals surface area contributed by atoms with Crippen molar-refractivity contribution < 1.29 is 13.9 Å². The van der Waals surface area contributed by atoms with Gasteiger partial charge < -0.3 is 14.5 Å². The Labute approximate surface area is 151 Å². The van der Waals surface area contributed by atoms with Gasteiger partial charge in [-0.05, 0) is 38.1 Å². The Morgan fingerprint density at radius 1 is 1.12 bits per heavy atom. The fraction of sp³-hybridized carbons (Fsp3) is 0.368. The third kappa shape index (κ3) is 4.43. The molecule has 2 aromatic heterocycles. The van der Waals surface area contributed by atoms with Crippen LogP contribution in [0.1, 0.15) is 33.5 Å². The monoisotopic (exact) mass is 354 g/mol. The topological polar surface area (TPSA) is 90.1 Å². The minimum Gasteiger partial charge on any atom is -0.441 e. The number of carbonyl (C=O) groups excluding carboxylic acids is 1. The molecular weight excluding hydrogens is 332 g/mol. The van der Waals surface area contributed by atoms with Crippen LogP contribution in [0.25, 0.3) is 11.1 Å². The number of oxazole rings is 1. The van der Waals surface area contributed by atoms with Gasteiger partial charge in [-0.15, -0.1) is 0 Å². The van der Waals surface area contributed by atoms with Crippen molar-refractivity contribution in [3.05, 3.63) is 52.9 Å². The van der Waals surface area contributed by atoms with E-state index < -0.39 is 0 Å². The second-order valence-corrected chi connectivity index (χ2v) is 6.11. The fourth-order valence-corrected chi connectivity index (χ4v) is 2.71. The third-order valence-corrected chi connectivity index (χ3v) is 3.88. The smallest absolute Gasteiger partial charge is 0.251 e. The van der Waals surface area contributed by atoms with E-state index in [1.165, 1.54) is 0 Å². The molecule has 0 unspecified atom stereocenters. The fourth-order valence-electron chi connectivity index (χ4n) is 2.71. The molecule has 26 heavy (non-hydrogen) atoms. The van der Waals surface area contributed by atoms with E-state index in [9.17, 15) is 4.79 Å². The number of aromatic nitrogens is 3. The number of hydrogen-bond acceptors (Lipinski definition) is 6. The normalized spacial score (nSPS) is 11.0. The van der Waals surface area contributed by atoms with Gasteiger partial charge in [0.2, 0.25) is 0 Å². The minimum absolute atomic E-state index is 0.161. The van der Waals surface area contributed by atoms with E-state index in [4.69, 9.17) is 9.15 Å². The van der Waals surface area contributed by atoms with Crippen molar-refractivity contribution in [1.82, 2.24) is 20.3 Å². The molecule has 0 saturated carbocycles. The van der Waals surface area contributed by atoms with Crippen LogP contribution in [0.5, 0.6) is 0 Å². The average Bonchev–Trinajstić information content (AvgIpc) is 3.01. The number of nitrogens with one attached hydrogen (secondary N) is 1. The van der Waals surface area contributed by atoms with Crippen LogP contribution < -0.4 is 5.32 Å². The highest BCUT2D eigenvalue weighted by Crippen LogP contribution is 2.18. The lowest BCUT2D eigenvalue weighted by atomic mass is 10.2. The Bertz CT molecular complexity index is 900. The number of carbonyl (C=O) groups is 1. The van der Waals surface area contributed by atoms with Gasteiger partial charge in [0.1, 0.15) is 11.3 Å². The summed E-state index contributed by atoms with van der Waals surface area (Å²) in [5.41, 5.74) is 3.73. The Balaban J connectivity index is 1.61. The van der Waals surface area contributed by atoms with Gasteiger partial charge in [-0.3, -0.25) is 4.79 Å². The van der Waals surface area contributed by atoms with Crippen molar-refractivity contribution in [2.45, 2.75) is 26.7 Å². The first-order valence-corrected chi connectivity index (χ1v) is 8.53. The summed E-state index contributed by atoms with van der Waals surface area (Å²) in [4.78, 5) is 25.5. The quantitative estimate of drug-likeness (QED) is 0.701. The third-order valence-electron chi connectivity index (χ3n) is 3.88. The summed E-state index contributed by atoms with van der Waals surface area (Å²) in [7, 11) is 1.63. The highest BCUT2D eigenvalue weighted by Gasteiger charge is 2.11. The number of hydrogen-bond donors (Lipinski definition) is 1. The summed E-state index contributed by atoms with van der Waals surface area (Å²) in [6.07, 6.45) is 1.18. The molecule has 7 heteroatoms. The van der Waals surface area contributed by atoms with Crippen LogP contribution >= 0.6 is 0 Å². The SMILES string of the molecule is COCCc1nc2ccc(C(=O)NCCc3nc(C)cc(C)n3)cc2o1. The van der Waals surface area contributed by atoms with Crippen molar-refractivity contribution in [3.8, 4) is 0 Å². The molecule has 3 aromatic rings. The molecule has 0 atom stereocenters. The number of amides is 1. The summed E-state index contributed by atoms with van der Waals surface area (Å²) >= 11 is 0. The van der Waals surface area contributed by atoms with Crippen LogP contribution in [0.4, 0.5) is 0 Å². The molecule has 0 spiro atoms. The number of nitrogens with zero attached hydrogens (tertiary/aromatic N) is 3. The highest BCUT2D eigenvalue weighted by atomic mass is 16.5. The van der Waals surface area contributed by atoms with Gasteiger partial charge in [0, 0.05) is 43.4 Å². The molecule has 0 aliphatic rings. The number of methoxy groups -OCH3 is 1. The van der Waals surface area contributed by atoms with Crippen molar-refractivity contribution in [2.24, 2.45) is 0 Å². The molecule has 0 fully saturated rings. The predicted octanol–water partition coefficient (Wildman–Crippen LogP) is 2.40. The standard InChI is InChI=1S/C19H22N4O3/c1-12-10-13(2)22-17(21-12)6-8-20-19(24)14-4-5-15-16(11-14)26-18(23-15)7-9-25-3/h4-5,10-11H,6-9H2,1-3H3,(H,20,24). The van der Waals surface area contributed by atoms with E-state index in [0.717, 1.165) is 22.7 Å². The molecule has 136 valence electrons. The summed E-state index contributed by atoms with van der Waals surface area (Å²) in [5.74, 6) is 1.17. The van der Waals surface area contributed by atoms with Crippen LogP contribution in [-0.4, -0.2) is 41.1 Å². The van der Waals surface area contributed by atoms with Crippen molar-refractivity contribution in [1.29, 1.82) is 0 Å². The van der Waals surface area contributed by atoms with Crippen LogP contribution in [0.3, 0.4) is 0 Å². The number of rotatable bonds is 7. The minimum atomic E-state index is -0.161. The lowest BCUT2D eigenvalue weighted by molar-refractivity contribution is 0.0954. The number of benzene rings is 1. The van der Waals surface area contributed by atoms with E-state index in [-0.39, 0.29) is 5.91 Å². The Morgan fingerprint density at radius 2 is 1.88 bits per heavy atom. The zero-order valence-electron chi connectivity index (χ0n) is 15.2. The molecule has 0 aliphatic carbocycles. The van der Waals surface area contributed by atoms with E-state index in [2.05, 4.69) is 20.3 Å². The molecule has 3 rings (SSSR count). The number of ether oxygens (including phenoxy) is 1. The van der Waals surface area contributed by atoms with Gasteiger partial charge in [-0.1, -0.05) is 0 Å². The van der Waals surface area contributed by atoms with Gasteiger partial charge in [-0.2, -0.15) is 0 Å². The number of fused-ring (bicyclic) bond motifs is 1. The maximum atomic E-state index is 12.4. The molecule has 2 heterocycles. The van der Waals surface area contributed by atoms with Gasteiger partial charge >= 0.3 is 0 Å². The van der Waals surface area contributed by atoms with E-state index in [1.54, 1.807) is 25.3 Å². The molecule has 1 aromatic carbocycles. The largest absolute Gasteiger partial charge is 0.441 e. The Hall–Kier alpha value is -2.80. The van der Waals surface area contributed by atoms with E-state index in [1.807, 2.05) is 19.9 Å². The van der Waals surface area contributed by atoms with Crippen molar-refractivity contribution in [3.63, 3.8) is 0 Å². The maximum Gasteiger partial charge on any atom is 0.251 e. The maximum absolute atomic E-state index is 12.4. The molecular formula is C19H22N4O3. The van der Waals surface area contributed by atoms with Gasteiger partial charge in [0.05, 0.1) is 6.61 Å². The zero-order valence-corrected chi connectivity index (χ0v) is 15.2. The lowest BCUT2D eigenvalue weighted by Crippen LogP contribution is -2.26. The number of aryl methyl sites for hydroxylation is 2. The molecule has 1 N–H and O–H groups in total. The first-order chi connectivity index (χ1) is 12.5. The molecule has 0 bridgehead atoms. The molecule has 1 amide bonds.